The number of aryl methyl sites for hydroxylation is 2. The molecule has 0 aliphatic carbocycles. The Labute approximate surface area is 528 Å². The number of hydrogen-bond donors (Lipinski definition) is 2. The van der Waals surface area contributed by atoms with Crippen LogP contribution in [0.15, 0.2) is 122 Å². The molecule has 0 aliphatic rings. The Morgan fingerprint density at radius 3 is 0.851 bits per heavy atom. The van der Waals surface area contributed by atoms with E-state index in [0.717, 1.165) is 90.0 Å². The van der Waals surface area contributed by atoms with Crippen LogP contribution in [-0.4, -0.2) is 109 Å². The van der Waals surface area contributed by atoms with Crippen molar-refractivity contribution in [2.75, 3.05) is 56.9 Å². The zero-order valence-corrected chi connectivity index (χ0v) is 52.4. The number of benzene rings is 4. The fraction of sp³-hybridized carbons (Fsp3) is 0.152. The molecule has 0 saturated carbocycles. The van der Waals surface area contributed by atoms with Gasteiger partial charge in [-0.1, -0.05) is 73.0 Å². The third-order valence-electron chi connectivity index (χ3n) is 12.6. The molecular weight excluding hydrogens is 1230 g/mol. The van der Waals surface area contributed by atoms with E-state index in [4.69, 9.17) is 58.9 Å². The Balaban J connectivity index is 0.000000541. The van der Waals surface area contributed by atoms with E-state index in [-0.39, 0.29) is 30.6 Å². The van der Waals surface area contributed by atoms with Crippen LogP contribution < -0.4 is 37.9 Å². The van der Waals surface area contributed by atoms with Gasteiger partial charge in [0.15, 0.2) is 0 Å². The van der Waals surface area contributed by atoms with Crippen LogP contribution >= 0.6 is 24.4 Å². The van der Waals surface area contributed by atoms with Gasteiger partial charge in [0, 0.05) is 58.2 Å². The second kappa shape index (κ2) is 35.3. The smallest absolute Gasteiger partial charge is 0.753 e. The van der Waals surface area contributed by atoms with Crippen molar-refractivity contribution in [2.45, 2.75) is 13.8 Å². The molecule has 446 valence electrons. The first-order valence-electron chi connectivity index (χ1n) is 25.6. The quantitative estimate of drug-likeness (QED) is 0.0312. The zero-order chi connectivity index (χ0) is 62.7. The summed E-state index contributed by atoms with van der Waals surface area (Å²) in [6, 6.07) is 28.9. The van der Waals surface area contributed by atoms with Gasteiger partial charge in [-0.3, -0.25) is 19.9 Å². The monoisotopic (exact) mass is 1290 g/mol. The molecule has 18 nitrogen and oxygen atoms in total. The molecule has 8 aromatic rings. The van der Waals surface area contributed by atoms with E-state index in [1.807, 2.05) is 135 Å². The number of ether oxygens (including phenoxy) is 8. The maximum atomic E-state index is 10.8. The first-order valence-corrected chi connectivity index (χ1v) is 26.4. The molecule has 2 N–H and O–H groups in total. The van der Waals surface area contributed by atoms with Crippen molar-refractivity contribution in [2.24, 2.45) is 0 Å². The molecule has 0 bridgehead atoms. The van der Waals surface area contributed by atoms with Crippen LogP contribution in [0.3, 0.4) is 0 Å². The third kappa shape index (κ3) is 19.5. The van der Waals surface area contributed by atoms with Gasteiger partial charge in [0.2, 0.25) is 0 Å². The summed E-state index contributed by atoms with van der Waals surface area (Å²) in [5.74, 6) is 3.66. The van der Waals surface area contributed by atoms with Gasteiger partial charge < -0.3 is 58.9 Å². The third-order valence-corrected chi connectivity index (χ3v) is 12.6. The second-order valence-corrected chi connectivity index (χ2v) is 18.1. The summed E-state index contributed by atoms with van der Waals surface area (Å²) in [7, 11) is 13.2. The number of aromatic nitrogens is 4. The number of pyridine rings is 4. The number of carbonyl (C=O) groups is 2. The molecule has 0 spiro atoms. The minimum absolute atomic E-state index is 0. The van der Waals surface area contributed by atoms with E-state index < -0.39 is 11.9 Å². The van der Waals surface area contributed by atoms with Crippen molar-refractivity contribution < 1.29 is 77.2 Å². The number of aromatic carboxylic acids is 2. The molecule has 0 aliphatic heterocycles. The minimum Gasteiger partial charge on any atom is -0.753 e. The van der Waals surface area contributed by atoms with E-state index >= 15 is 0 Å². The fourth-order valence-electron chi connectivity index (χ4n) is 8.34. The number of nitrogens with zero attached hydrogens (tertiary/aromatic N) is 6. The van der Waals surface area contributed by atoms with Crippen molar-refractivity contribution in [1.82, 2.24) is 19.9 Å². The van der Waals surface area contributed by atoms with Gasteiger partial charge in [0.05, 0.1) is 90.8 Å². The molecule has 0 radical (unpaired) electrons. The van der Waals surface area contributed by atoms with Crippen LogP contribution in [0.4, 0.5) is 0 Å². The summed E-state index contributed by atoms with van der Waals surface area (Å²) in [5.41, 5.74) is 11.2. The standard InChI is InChI=1S/C52H52N2O8.C12H8N2O4.2CNS.Ru/c1-33-23-47(57-5)39(27-45(33)55-3)15-17-41-31-49(59-7)37(29-51(41)61-9)13-11-35-19-21-53-43(25-35)44-26-36(20-22-54-44)12-14-38-30-52(62-10)42(32-50(38)60-8)18-16-40-28-46(56-4)34(2)24-48(40)58-6;15-11(16)7-1-3-13-9(5-7)10-6-8(12(17)18)2-4-14-10;2*2-1-3;/h11-32H,1-10H3;1-6H,(H,15,16)(H,17,18);;;/q;;2*-1;+2/b13-11+,14-12+,17-15+,18-16+;;;;. The van der Waals surface area contributed by atoms with Crippen LogP contribution in [0.5, 0.6) is 46.0 Å². The summed E-state index contributed by atoms with van der Waals surface area (Å²) < 4.78 is 45.6. The zero-order valence-electron chi connectivity index (χ0n) is 49.0. The number of carboxylic acids is 2. The molecule has 0 atom stereocenters. The normalized spacial score (nSPS) is 10.4. The van der Waals surface area contributed by atoms with E-state index in [1.165, 1.54) is 47.0 Å². The number of thiocarbonyl (C=S) groups is 2. The van der Waals surface area contributed by atoms with Gasteiger partial charge >= 0.3 is 31.4 Å². The molecule has 0 unspecified atom stereocenters. The van der Waals surface area contributed by atoms with Crippen LogP contribution in [0, 0.1) is 13.8 Å². The molecule has 21 heteroatoms. The molecule has 0 amide bonds. The largest absolute Gasteiger partial charge is 2.00 e. The Hall–Kier alpha value is -10.00. The van der Waals surface area contributed by atoms with Crippen molar-refractivity contribution in [3.8, 4) is 68.8 Å². The molecule has 87 heavy (non-hydrogen) atoms. The van der Waals surface area contributed by atoms with Gasteiger partial charge in [-0.05, 0) is 133 Å². The molecule has 4 aromatic heterocycles. The van der Waals surface area contributed by atoms with E-state index in [2.05, 4.69) is 44.4 Å². The van der Waals surface area contributed by atoms with Crippen LogP contribution in [-0.2, 0) is 19.5 Å². The Morgan fingerprint density at radius 1 is 0.379 bits per heavy atom. The minimum atomic E-state index is -1.08. The molecule has 8 rings (SSSR count). The van der Waals surface area contributed by atoms with Crippen LogP contribution in [0.25, 0.3) is 82.2 Å². The van der Waals surface area contributed by atoms with E-state index in [9.17, 15) is 9.59 Å². The van der Waals surface area contributed by atoms with Crippen LogP contribution in [0.1, 0.15) is 76.4 Å². The number of carboxylic acid groups (broad SMARTS) is 2. The van der Waals surface area contributed by atoms with Gasteiger partial charge in [0.25, 0.3) is 0 Å². The Bertz CT molecular complexity index is 3650. The number of rotatable bonds is 20. The van der Waals surface area contributed by atoms with Gasteiger partial charge in [-0.25, -0.2) is 9.59 Å². The molecule has 4 heterocycles. The maximum Gasteiger partial charge on any atom is 2.00 e. The average Bonchev–Trinajstić information content (AvgIpc) is 3.13. The Kier molecular flexibility index (Phi) is 28.2. The SMILES string of the molecule is COc1cc(/C=C/c2cc(OC)c(/C=C/c3ccnc(-c4cc(/C=C/c5cc(OC)c(/C=C/c6cc(OC)c(C)cc6OC)cc5OC)ccn4)c3)cc2OC)c(OC)cc1C.O=C(O)c1ccnc(-c2cc(C(=O)O)ccn2)c1.[N-]=C=S.[N-]=C=S.[Ru+2]. The van der Waals surface area contributed by atoms with Gasteiger partial charge in [-0.15, -0.1) is 0 Å². The second-order valence-electron chi connectivity index (χ2n) is 17.7. The van der Waals surface area contributed by atoms with Gasteiger partial charge in [0.1, 0.15) is 46.0 Å². The van der Waals surface area contributed by atoms with E-state index in [1.54, 1.807) is 69.3 Å². The number of hydrogen-bond acceptors (Lipinski definition) is 16. The number of isothiocyanates is 2. The van der Waals surface area contributed by atoms with Crippen molar-refractivity contribution in [3.05, 3.63) is 199 Å². The Morgan fingerprint density at radius 2 is 0.598 bits per heavy atom. The predicted molar refractivity (Wildman–Crippen MR) is 344 cm³/mol. The van der Waals surface area contributed by atoms with Gasteiger partial charge in [-0.2, -0.15) is 10.3 Å². The van der Waals surface area contributed by atoms with Crippen molar-refractivity contribution in [3.63, 3.8) is 0 Å². The summed E-state index contributed by atoms with van der Waals surface area (Å²) >= 11 is 7.40. The van der Waals surface area contributed by atoms with Crippen molar-refractivity contribution in [1.29, 1.82) is 0 Å². The first-order chi connectivity index (χ1) is 41.5. The van der Waals surface area contributed by atoms with Crippen LogP contribution in [0.2, 0.25) is 0 Å². The molecular formula is C66H60N6O12RuS2. The summed E-state index contributed by atoms with van der Waals surface area (Å²) in [6.07, 6.45) is 22.1. The average molecular weight is 1290 g/mol. The molecule has 0 fully saturated rings. The topological polar surface area (TPSA) is 245 Å². The fourth-order valence-corrected chi connectivity index (χ4v) is 8.34. The van der Waals surface area contributed by atoms with Crippen molar-refractivity contribution >= 4 is 95.3 Å². The molecule has 0 saturated heterocycles. The number of methoxy groups -OCH3 is 8. The maximum absolute atomic E-state index is 10.8. The molecule has 4 aromatic carbocycles. The summed E-state index contributed by atoms with van der Waals surface area (Å²) in [5, 5.41) is 34.6. The predicted octanol–water partition coefficient (Wildman–Crippen LogP) is 14.4. The first kappa shape index (κ1) is 69.5. The summed E-state index contributed by atoms with van der Waals surface area (Å²) in [4.78, 5) is 38.9. The summed E-state index contributed by atoms with van der Waals surface area (Å²) in [6.45, 7) is 3.97. The van der Waals surface area contributed by atoms with E-state index in [0.29, 0.717) is 34.4 Å².